The summed E-state index contributed by atoms with van der Waals surface area (Å²) in [5, 5.41) is 6.63. The fourth-order valence-electron chi connectivity index (χ4n) is 4.40. The number of methoxy groups -OCH3 is 2. The minimum absolute atomic E-state index is 0.191. The van der Waals surface area contributed by atoms with Gasteiger partial charge in [0.1, 0.15) is 30.6 Å². The van der Waals surface area contributed by atoms with Crippen LogP contribution in [-0.4, -0.2) is 58.4 Å². The molecule has 0 spiro atoms. The Morgan fingerprint density at radius 2 is 1.26 bits per heavy atom. The van der Waals surface area contributed by atoms with Gasteiger partial charge in [0, 0.05) is 56.2 Å². The first-order valence-electron chi connectivity index (χ1n) is 14.5. The number of nitrogens with one attached hydrogen (secondary N) is 2. The molecule has 0 aliphatic carbocycles. The number of hydrogen-bond donors (Lipinski definition) is 2. The molecular weight excluding hydrogens is 552 g/mol. The molecule has 0 saturated carbocycles. The Bertz CT molecular complexity index is 1360. The molecule has 3 heterocycles. The average Bonchev–Trinajstić information content (AvgIpc) is 3.26. The Morgan fingerprint density at radius 3 is 1.72 bits per heavy atom. The summed E-state index contributed by atoms with van der Waals surface area (Å²) >= 11 is 0. The van der Waals surface area contributed by atoms with E-state index in [0.717, 1.165) is 54.3 Å². The number of rotatable bonds is 20. The molecule has 43 heavy (non-hydrogen) atoms. The van der Waals surface area contributed by atoms with Crippen LogP contribution in [0.15, 0.2) is 24.3 Å². The molecule has 0 amide bonds. The van der Waals surface area contributed by atoms with Crippen molar-refractivity contribution in [1.29, 1.82) is 0 Å². The number of aryl methyl sites for hydroxylation is 1. The number of hydrogen-bond acceptors (Lipinski definition) is 11. The van der Waals surface area contributed by atoms with Crippen LogP contribution in [0, 0.1) is 6.92 Å². The van der Waals surface area contributed by atoms with Crippen LogP contribution in [0.3, 0.4) is 0 Å². The fourth-order valence-corrected chi connectivity index (χ4v) is 4.40. The molecule has 0 unspecified atom stereocenters. The smallest absolute Gasteiger partial charge is 0.220 e. The van der Waals surface area contributed by atoms with E-state index in [1.807, 2.05) is 36.7 Å². The van der Waals surface area contributed by atoms with Crippen molar-refractivity contribution in [3.63, 3.8) is 0 Å². The van der Waals surface area contributed by atoms with Gasteiger partial charge >= 0.3 is 0 Å². The number of nitrogens with zero attached hydrogens (tertiary/aromatic N) is 4. The van der Waals surface area contributed by atoms with E-state index < -0.39 is 0 Å². The maximum absolute atomic E-state index is 11.1. The van der Waals surface area contributed by atoms with Gasteiger partial charge in [-0.25, -0.2) is 4.98 Å². The van der Waals surface area contributed by atoms with Gasteiger partial charge in [-0.1, -0.05) is 0 Å². The van der Waals surface area contributed by atoms with E-state index in [2.05, 4.69) is 25.6 Å². The molecule has 0 aromatic carbocycles. The highest BCUT2D eigenvalue weighted by atomic mass is 16.5. The lowest BCUT2D eigenvalue weighted by Gasteiger charge is -2.13. The van der Waals surface area contributed by atoms with E-state index in [4.69, 9.17) is 18.9 Å². The second-order valence-corrected chi connectivity index (χ2v) is 10.3. The highest BCUT2D eigenvalue weighted by molar-refractivity contribution is 5.75. The lowest BCUT2D eigenvalue weighted by atomic mass is 10.2. The monoisotopic (exact) mass is 596 g/mol. The summed E-state index contributed by atoms with van der Waals surface area (Å²) in [6.07, 6.45) is 2.72. The second-order valence-electron chi connectivity index (χ2n) is 10.3. The van der Waals surface area contributed by atoms with Crippen molar-refractivity contribution in [3.05, 3.63) is 52.6 Å². The summed E-state index contributed by atoms with van der Waals surface area (Å²) < 4.78 is 24.8. The zero-order valence-corrected chi connectivity index (χ0v) is 26.1. The Morgan fingerprint density at radius 1 is 0.767 bits per heavy atom. The molecule has 0 aliphatic heterocycles. The molecule has 0 aliphatic rings. The largest absolute Gasteiger partial charge is 0.481 e. The average molecular weight is 597 g/mol. The molecule has 0 bridgehead atoms. The number of imidazole rings is 1. The van der Waals surface area contributed by atoms with Crippen molar-refractivity contribution < 1.29 is 28.5 Å². The van der Waals surface area contributed by atoms with E-state index in [-0.39, 0.29) is 24.8 Å². The normalized spacial score (nSPS) is 10.9. The molecule has 3 aromatic heterocycles. The van der Waals surface area contributed by atoms with Gasteiger partial charge < -0.3 is 43.7 Å². The molecule has 3 rings (SSSR count). The van der Waals surface area contributed by atoms with Crippen molar-refractivity contribution in [1.82, 2.24) is 30.2 Å². The third-order valence-electron chi connectivity index (χ3n) is 6.82. The van der Waals surface area contributed by atoms with Crippen LogP contribution in [0.4, 0.5) is 0 Å². The standard InChI is InChI=1S/C31H44N6O6/c1-21(38)9-7-15-32-17-24-11-13-28(35-30(24)40-5)42-19-26-23(3)34-27(37(26)4)20-43-29-14-12-25(31(36-29)41-6)18-33-16-8-10-22(2)39/h11-14,32-33H,7-10,15-20H2,1-6H3. The maximum atomic E-state index is 11.1. The Labute approximate surface area is 253 Å². The van der Waals surface area contributed by atoms with Crippen molar-refractivity contribution in [2.75, 3.05) is 27.3 Å². The van der Waals surface area contributed by atoms with Gasteiger partial charge in [-0.2, -0.15) is 9.97 Å². The van der Waals surface area contributed by atoms with Gasteiger partial charge in [0.25, 0.3) is 0 Å². The van der Waals surface area contributed by atoms with Gasteiger partial charge in [0.05, 0.1) is 25.6 Å². The fraction of sp³-hybridized carbons (Fsp3) is 0.516. The lowest BCUT2D eigenvalue weighted by molar-refractivity contribution is -0.117. The number of aromatic nitrogens is 4. The minimum atomic E-state index is 0.191. The predicted molar refractivity (Wildman–Crippen MR) is 161 cm³/mol. The van der Waals surface area contributed by atoms with Crippen LogP contribution in [0.2, 0.25) is 0 Å². The first-order valence-corrected chi connectivity index (χ1v) is 14.5. The van der Waals surface area contributed by atoms with Crippen molar-refractivity contribution in [3.8, 4) is 23.5 Å². The van der Waals surface area contributed by atoms with Crippen LogP contribution in [0.25, 0.3) is 0 Å². The zero-order chi connectivity index (χ0) is 31.2. The van der Waals surface area contributed by atoms with Gasteiger partial charge in [0.2, 0.25) is 23.5 Å². The summed E-state index contributed by atoms with van der Waals surface area (Å²) in [6.45, 7) is 8.26. The predicted octanol–water partition coefficient (Wildman–Crippen LogP) is 3.61. The van der Waals surface area contributed by atoms with Crippen LogP contribution in [0.1, 0.15) is 67.9 Å². The van der Waals surface area contributed by atoms with Gasteiger partial charge in [-0.3, -0.25) is 0 Å². The Balaban J connectivity index is 1.54. The molecule has 0 saturated heterocycles. The van der Waals surface area contributed by atoms with Crippen LogP contribution >= 0.6 is 0 Å². The van der Waals surface area contributed by atoms with Crippen LogP contribution < -0.4 is 29.6 Å². The molecule has 3 aromatic rings. The molecule has 234 valence electrons. The number of carbonyl (C=O) groups is 2. The summed E-state index contributed by atoms with van der Waals surface area (Å²) in [5.74, 6) is 2.96. The second kappa shape index (κ2) is 17.2. The highest BCUT2D eigenvalue weighted by Crippen LogP contribution is 2.23. The van der Waals surface area contributed by atoms with Gasteiger partial charge in [-0.15, -0.1) is 0 Å². The molecule has 12 heteroatoms. The topological polar surface area (TPSA) is 139 Å². The Hall–Kier alpha value is -4.03. The summed E-state index contributed by atoms with van der Waals surface area (Å²) in [7, 11) is 5.07. The van der Waals surface area contributed by atoms with E-state index in [9.17, 15) is 9.59 Å². The minimum Gasteiger partial charge on any atom is -0.481 e. The van der Waals surface area contributed by atoms with Crippen molar-refractivity contribution in [2.24, 2.45) is 7.05 Å². The van der Waals surface area contributed by atoms with E-state index in [1.54, 1.807) is 34.1 Å². The first-order chi connectivity index (χ1) is 20.7. The van der Waals surface area contributed by atoms with Crippen molar-refractivity contribution in [2.45, 2.75) is 72.8 Å². The number of pyridine rings is 2. The molecule has 0 fully saturated rings. The molecule has 0 atom stereocenters. The molecular formula is C31H44N6O6. The van der Waals surface area contributed by atoms with E-state index in [1.165, 1.54) is 0 Å². The maximum Gasteiger partial charge on any atom is 0.220 e. The van der Waals surface area contributed by atoms with E-state index >= 15 is 0 Å². The molecule has 12 nitrogen and oxygen atoms in total. The molecule has 0 radical (unpaired) electrons. The third kappa shape index (κ3) is 10.6. The van der Waals surface area contributed by atoms with Gasteiger partial charge in [-0.05, 0) is 58.8 Å². The summed E-state index contributed by atoms with van der Waals surface area (Å²) in [6, 6.07) is 7.46. The number of Topliss-reactive ketones (excluding diaryl/α,β-unsaturated/α-hetero) is 2. The number of ketones is 2. The van der Waals surface area contributed by atoms with Gasteiger partial charge in [0.15, 0.2) is 0 Å². The van der Waals surface area contributed by atoms with E-state index in [0.29, 0.717) is 49.5 Å². The quantitative estimate of drug-likeness (QED) is 0.185. The summed E-state index contributed by atoms with van der Waals surface area (Å²) in [5.41, 5.74) is 3.54. The Kier molecular flexibility index (Phi) is 13.4. The SMILES string of the molecule is COc1nc(OCc2nc(C)c(COc3ccc(CNCCCC(C)=O)c(OC)n3)n2C)ccc1CNCCCC(C)=O. The number of carbonyl (C=O) groups excluding carboxylic acids is 2. The zero-order valence-electron chi connectivity index (χ0n) is 26.1. The van der Waals surface area contributed by atoms with Crippen LogP contribution in [0.5, 0.6) is 23.5 Å². The molecule has 2 N–H and O–H groups in total. The van der Waals surface area contributed by atoms with Crippen LogP contribution in [-0.2, 0) is 42.9 Å². The first kappa shape index (κ1) is 33.5. The number of ether oxygens (including phenoxy) is 4. The third-order valence-corrected chi connectivity index (χ3v) is 6.82. The lowest BCUT2D eigenvalue weighted by Crippen LogP contribution is -2.16. The summed E-state index contributed by atoms with van der Waals surface area (Å²) in [4.78, 5) is 35.9. The highest BCUT2D eigenvalue weighted by Gasteiger charge is 2.15. The van der Waals surface area contributed by atoms with Crippen molar-refractivity contribution >= 4 is 11.6 Å².